The Labute approximate surface area is 434 Å². The summed E-state index contributed by atoms with van der Waals surface area (Å²) < 4.78 is 11.3. The molecule has 356 valence electrons. The van der Waals surface area contributed by atoms with E-state index in [1.54, 1.807) is 12.1 Å². The molecule has 4 aliphatic rings. The average Bonchev–Trinajstić information content (AvgIpc) is 4.17. The van der Waals surface area contributed by atoms with Crippen molar-refractivity contribution in [3.8, 4) is 0 Å². The molecule has 4 amide bonds. The van der Waals surface area contributed by atoms with E-state index in [0.29, 0.717) is 62.7 Å². The minimum atomic E-state index is -1.86. The number of esters is 2. The van der Waals surface area contributed by atoms with E-state index in [1.165, 1.54) is 38.1 Å². The number of amides is 4. The second-order valence-electron chi connectivity index (χ2n) is 16.1. The zero-order valence-electron chi connectivity index (χ0n) is 38.2. The number of carboxylic acid groups (broad SMARTS) is 2. The Bertz CT molecular complexity index is 2040. The van der Waals surface area contributed by atoms with Crippen LogP contribution in [0.2, 0.25) is 0 Å². The summed E-state index contributed by atoms with van der Waals surface area (Å²) in [5, 5.41) is 31.6. The second-order valence-corrected chi connectivity index (χ2v) is 16.1. The van der Waals surface area contributed by atoms with Gasteiger partial charge in [-0.25, -0.2) is 29.1 Å². The van der Waals surface area contributed by atoms with Gasteiger partial charge in [-0.1, -0.05) is 36.4 Å². The van der Waals surface area contributed by atoms with E-state index in [1.807, 2.05) is 0 Å². The molecular formula is C44H50N4Na2O18. The van der Waals surface area contributed by atoms with Crippen LogP contribution in [0.4, 0.5) is 0 Å². The average molecular weight is 969 g/mol. The van der Waals surface area contributed by atoms with Crippen LogP contribution in [0.1, 0.15) is 108 Å². The smallest absolute Gasteiger partial charge is 0.547 e. The number of aliphatic carboxylic acids is 2. The topological polar surface area (TPSA) is 320 Å². The quantitative estimate of drug-likeness (QED) is 0.0190. The van der Waals surface area contributed by atoms with Crippen LogP contribution in [-0.4, -0.2) is 112 Å². The van der Waals surface area contributed by atoms with Crippen molar-refractivity contribution >= 4 is 60.1 Å². The first-order chi connectivity index (χ1) is 31.6. The molecule has 0 bridgehead atoms. The third kappa shape index (κ3) is 14.7. The van der Waals surface area contributed by atoms with Gasteiger partial charge in [-0.3, -0.25) is 28.8 Å². The molecule has 2 atom stereocenters. The van der Waals surface area contributed by atoms with Gasteiger partial charge in [0.1, 0.15) is 25.4 Å². The molecule has 0 aromatic heterocycles. The predicted molar refractivity (Wildman–Crippen MR) is 216 cm³/mol. The van der Waals surface area contributed by atoms with Crippen molar-refractivity contribution in [3.05, 3.63) is 69.8 Å². The monoisotopic (exact) mass is 968 g/mol. The summed E-state index contributed by atoms with van der Waals surface area (Å²) >= 11 is 0. The number of Topliss-reactive ketones (excluding diaryl/α,β-unsaturated/α-hetero) is 2. The van der Waals surface area contributed by atoms with Crippen molar-refractivity contribution in [1.82, 2.24) is 21.3 Å². The van der Waals surface area contributed by atoms with E-state index in [4.69, 9.17) is 29.0 Å². The standard InChI is InChI=1S/2C22H26N2O9.2Na/c2*1-13(26)24-9-14-5-7-15(8-6-14)32-21(30)22(33-31-11-19(28)29)17-4-2-3-16(20(17)22)18(27)10-23-12-25;;/h2*2-4,12,14-15H,5-11H2,1H3,(H,23,25)(H,24,26)(H,28,29);;/q;;2*+1/p-2/t2*14-,15-,22?;;. The first-order valence-electron chi connectivity index (χ1n) is 21.2. The zero-order valence-corrected chi connectivity index (χ0v) is 42.2. The van der Waals surface area contributed by atoms with E-state index < -0.39 is 72.1 Å². The Balaban J connectivity index is 0.000000350. The molecule has 0 aliphatic heterocycles. The molecule has 24 heteroatoms. The Morgan fingerprint density at radius 2 is 0.941 bits per heavy atom. The Morgan fingerprint density at radius 1 is 0.588 bits per heavy atom. The maximum atomic E-state index is 13.2. The molecule has 0 spiro atoms. The molecule has 4 aliphatic carbocycles. The minimum Gasteiger partial charge on any atom is -0.547 e. The molecule has 68 heavy (non-hydrogen) atoms. The van der Waals surface area contributed by atoms with Gasteiger partial charge < -0.3 is 50.5 Å². The van der Waals surface area contributed by atoms with E-state index in [0.717, 1.165) is 25.7 Å². The van der Waals surface area contributed by atoms with Gasteiger partial charge in [0.05, 0.1) is 25.0 Å². The zero-order chi connectivity index (χ0) is 48.0. The molecule has 6 rings (SSSR count). The maximum Gasteiger partial charge on any atom is 1.00 e. The van der Waals surface area contributed by atoms with Crippen molar-refractivity contribution in [1.29, 1.82) is 0 Å². The number of nitrogens with one attached hydrogen (secondary N) is 4. The number of hydrogen-bond acceptors (Lipinski definition) is 18. The van der Waals surface area contributed by atoms with Gasteiger partial charge in [0.2, 0.25) is 24.6 Å². The molecule has 0 radical (unpaired) electrons. The summed E-state index contributed by atoms with van der Waals surface area (Å²) in [6, 6.07) is 9.12. The first kappa shape index (κ1) is 57.7. The number of carboxylic acids is 2. The van der Waals surface area contributed by atoms with Crippen LogP contribution in [0.3, 0.4) is 0 Å². The fourth-order valence-electron chi connectivity index (χ4n) is 8.16. The van der Waals surface area contributed by atoms with Gasteiger partial charge in [0, 0.05) is 60.3 Å². The van der Waals surface area contributed by atoms with Crippen molar-refractivity contribution in [2.45, 2.75) is 88.6 Å². The van der Waals surface area contributed by atoms with Crippen LogP contribution in [0.5, 0.6) is 0 Å². The minimum absolute atomic E-state index is 0. The van der Waals surface area contributed by atoms with Gasteiger partial charge in [-0.15, -0.1) is 0 Å². The number of hydrogen-bond donors (Lipinski definition) is 4. The molecule has 4 N–H and O–H groups in total. The number of fused-ring (bicyclic) bond motifs is 2. The van der Waals surface area contributed by atoms with E-state index in [-0.39, 0.29) is 118 Å². The molecule has 2 aromatic rings. The fraction of sp³-hybridized carbons (Fsp3) is 0.500. The summed E-state index contributed by atoms with van der Waals surface area (Å²) in [7, 11) is 0. The van der Waals surface area contributed by atoms with Crippen LogP contribution >= 0.6 is 0 Å². The summed E-state index contributed by atoms with van der Waals surface area (Å²) in [5.74, 6) is -5.28. The molecular weight excluding hydrogens is 918 g/mol. The molecule has 0 heterocycles. The fourth-order valence-corrected chi connectivity index (χ4v) is 8.16. The number of rotatable bonds is 24. The molecule has 2 aromatic carbocycles. The molecule has 2 unspecified atom stereocenters. The van der Waals surface area contributed by atoms with Crippen molar-refractivity contribution in [2.75, 3.05) is 39.4 Å². The number of benzene rings is 2. The van der Waals surface area contributed by atoms with Gasteiger partial charge in [-0.05, 0) is 63.2 Å². The first-order valence-corrected chi connectivity index (χ1v) is 21.2. The van der Waals surface area contributed by atoms with Crippen LogP contribution in [0.15, 0.2) is 36.4 Å². The van der Waals surface area contributed by atoms with Gasteiger partial charge >= 0.3 is 71.1 Å². The van der Waals surface area contributed by atoms with Crippen molar-refractivity contribution in [2.24, 2.45) is 11.8 Å². The van der Waals surface area contributed by atoms with E-state index in [2.05, 4.69) is 21.3 Å². The number of ketones is 2. The normalized spacial score (nSPS) is 22.4. The van der Waals surface area contributed by atoms with Gasteiger partial charge in [-0.2, -0.15) is 0 Å². The summed E-state index contributed by atoms with van der Waals surface area (Å²) in [5.41, 5.74) is -2.39. The number of carbonyl (C=O) groups excluding carboxylic acids is 10. The van der Waals surface area contributed by atoms with E-state index in [9.17, 15) is 58.2 Å². The van der Waals surface area contributed by atoms with Crippen LogP contribution in [0.25, 0.3) is 0 Å². The summed E-state index contributed by atoms with van der Waals surface area (Å²) in [6.07, 6.45) is 5.28. The third-order valence-electron chi connectivity index (χ3n) is 11.5. The summed E-state index contributed by atoms with van der Waals surface area (Å²) in [6.45, 7) is 1.61. The third-order valence-corrected chi connectivity index (χ3v) is 11.5. The number of carbonyl (C=O) groups is 10. The largest absolute Gasteiger partial charge is 1.00 e. The Morgan fingerprint density at radius 3 is 1.25 bits per heavy atom. The SMILES string of the molecule is CC(=O)NC[C@H]1CC[C@H](OC(=O)C2(OOCC(=O)[O-])c3cccc(C(=O)CNC=O)c32)CC1.CC(=O)NC[C@H]1CC[C@H](OC(=O)C2(OOCC(=O)[O-])c3cccc(C(=O)CNC=O)c32)CC1.[Na+].[Na+]. The summed E-state index contributed by atoms with van der Waals surface area (Å²) in [4.78, 5) is 136. The van der Waals surface area contributed by atoms with E-state index >= 15 is 0 Å². The van der Waals surface area contributed by atoms with Gasteiger partial charge in [0.15, 0.2) is 11.6 Å². The number of ether oxygens (including phenoxy) is 2. The van der Waals surface area contributed by atoms with Crippen LogP contribution < -0.4 is 90.6 Å². The van der Waals surface area contributed by atoms with Crippen molar-refractivity contribution < 1.29 is 146 Å². The van der Waals surface area contributed by atoms with Crippen LogP contribution in [-0.2, 0) is 78.6 Å². The predicted octanol–water partition coefficient (Wildman–Crippen LogP) is -7.78. The maximum absolute atomic E-state index is 13.2. The molecule has 2 fully saturated rings. The molecule has 2 saturated carbocycles. The van der Waals surface area contributed by atoms with Gasteiger partial charge in [0.25, 0.3) is 11.2 Å². The van der Waals surface area contributed by atoms with Crippen molar-refractivity contribution in [3.63, 3.8) is 0 Å². The molecule has 0 saturated heterocycles. The Hall–Kier alpha value is -4.62. The van der Waals surface area contributed by atoms with Crippen LogP contribution in [0, 0.1) is 11.8 Å². The second kappa shape index (κ2) is 27.0. The molecule has 22 nitrogen and oxygen atoms in total. The Kier molecular flexibility index (Phi) is 22.9.